The predicted molar refractivity (Wildman–Crippen MR) is 65.9 cm³/mol. The molecule has 0 heterocycles. The van der Waals surface area contributed by atoms with E-state index in [1.54, 1.807) is 0 Å². The van der Waals surface area contributed by atoms with Gasteiger partial charge in [-0.15, -0.1) is 0 Å². The summed E-state index contributed by atoms with van der Waals surface area (Å²) in [6.07, 6.45) is 3.65. The molecule has 0 bridgehead atoms. The van der Waals surface area contributed by atoms with Crippen LogP contribution in [0.1, 0.15) is 46.5 Å². The van der Waals surface area contributed by atoms with E-state index in [2.05, 4.69) is 0 Å². The molecule has 1 aliphatic rings. The van der Waals surface area contributed by atoms with Crippen LogP contribution in [-0.4, -0.2) is 30.3 Å². The summed E-state index contributed by atoms with van der Waals surface area (Å²) >= 11 is 0. The van der Waals surface area contributed by atoms with Crippen LogP contribution in [0, 0.1) is 11.8 Å². The molecule has 1 rings (SSSR count). The average molecular weight is 277 g/mol. The second-order valence-electron chi connectivity index (χ2n) is 5.47. The zero-order valence-electron chi connectivity index (χ0n) is 11.1. The Morgan fingerprint density at radius 3 is 2.17 bits per heavy atom. The minimum absolute atomic E-state index is 0.194. The first-order chi connectivity index (χ1) is 8.16. The van der Waals surface area contributed by atoms with Crippen molar-refractivity contribution < 1.29 is 22.5 Å². The third-order valence-electron chi connectivity index (χ3n) is 3.66. The maximum atomic E-state index is 11.9. The van der Waals surface area contributed by atoms with Crippen LogP contribution >= 0.6 is 0 Å². The molecule has 1 saturated carbocycles. The van der Waals surface area contributed by atoms with Crippen molar-refractivity contribution in [3.05, 3.63) is 0 Å². The van der Waals surface area contributed by atoms with Crippen molar-refractivity contribution in [3.8, 4) is 0 Å². The Balaban J connectivity index is 2.68. The second-order valence-corrected chi connectivity index (χ2v) is 6.92. The highest BCUT2D eigenvalue weighted by Gasteiger charge is 2.41. The smallest absolute Gasteiger partial charge is 0.310 e. The number of carbonyl (C=O) groups is 1. The van der Waals surface area contributed by atoms with Crippen LogP contribution < -0.4 is 0 Å². The highest BCUT2D eigenvalue weighted by atomic mass is 32.2. The first kappa shape index (κ1) is 15.4. The van der Waals surface area contributed by atoms with Crippen molar-refractivity contribution in [1.82, 2.24) is 0 Å². The summed E-state index contributed by atoms with van der Waals surface area (Å²) < 4.78 is 37.4. The summed E-state index contributed by atoms with van der Waals surface area (Å²) in [7, 11) is -4.39. The van der Waals surface area contributed by atoms with Crippen molar-refractivity contribution in [3.63, 3.8) is 0 Å². The lowest BCUT2D eigenvalue weighted by molar-refractivity contribution is -0.168. The Morgan fingerprint density at radius 2 is 1.78 bits per heavy atom. The highest BCUT2D eigenvalue weighted by molar-refractivity contribution is 7.85. The largest absolute Gasteiger partial charge is 0.748 e. The molecule has 106 valence electrons. The van der Waals surface area contributed by atoms with Gasteiger partial charge in [-0.1, -0.05) is 20.8 Å². The molecule has 0 aromatic carbocycles. The number of ether oxygens (including phenoxy) is 1. The van der Waals surface area contributed by atoms with E-state index in [1.165, 1.54) is 6.92 Å². The van der Waals surface area contributed by atoms with E-state index in [0.717, 1.165) is 25.7 Å². The topological polar surface area (TPSA) is 83.5 Å². The van der Waals surface area contributed by atoms with Crippen LogP contribution in [0.5, 0.6) is 0 Å². The zero-order valence-corrected chi connectivity index (χ0v) is 12.0. The van der Waals surface area contributed by atoms with Crippen LogP contribution in [0.2, 0.25) is 0 Å². The van der Waals surface area contributed by atoms with Gasteiger partial charge >= 0.3 is 5.97 Å². The minimum Gasteiger partial charge on any atom is -0.748 e. The minimum atomic E-state index is -4.39. The Kier molecular flexibility index (Phi) is 4.78. The van der Waals surface area contributed by atoms with E-state index in [1.807, 2.05) is 13.8 Å². The maximum absolute atomic E-state index is 11.9. The highest BCUT2D eigenvalue weighted by Crippen LogP contribution is 2.39. The number of esters is 1. The van der Waals surface area contributed by atoms with E-state index in [0.29, 0.717) is 0 Å². The van der Waals surface area contributed by atoms with Crippen LogP contribution in [0.25, 0.3) is 0 Å². The summed E-state index contributed by atoms with van der Waals surface area (Å²) in [6.45, 7) is 5.40. The van der Waals surface area contributed by atoms with Gasteiger partial charge in [0.1, 0.15) is 5.60 Å². The lowest BCUT2D eigenvalue weighted by Crippen LogP contribution is -2.40. The molecule has 0 spiro atoms. The summed E-state index contributed by atoms with van der Waals surface area (Å²) in [5.41, 5.74) is -0.474. The Hall–Kier alpha value is -0.620. The molecule has 18 heavy (non-hydrogen) atoms. The molecular formula is C12H21O5S-. The van der Waals surface area contributed by atoms with E-state index in [9.17, 15) is 17.8 Å². The van der Waals surface area contributed by atoms with Gasteiger partial charge in [0, 0.05) is 0 Å². The Bertz CT molecular complexity index is 393. The van der Waals surface area contributed by atoms with Crippen molar-refractivity contribution in [2.45, 2.75) is 52.1 Å². The van der Waals surface area contributed by atoms with Gasteiger partial charge in [-0.05, 0) is 31.6 Å². The van der Waals surface area contributed by atoms with E-state index >= 15 is 0 Å². The van der Waals surface area contributed by atoms with Gasteiger partial charge in [0.25, 0.3) is 0 Å². The number of hydrogen-bond acceptors (Lipinski definition) is 5. The fraction of sp³-hybridized carbons (Fsp3) is 0.917. The van der Waals surface area contributed by atoms with Gasteiger partial charge in [-0.25, -0.2) is 8.42 Å². The van der Waals surface area contributed by atoms with Crippen LogP contribution in [0.3, 0.4) is 0 Å². The molecule has 0 aliphatic heterocycles. The molecule has 0 N–H and O–H groups in total. The SMILES string of the molecule is CC(CS(=O)(=O)[O-])C(=O)OC1(C(C)C)CCCC1. The van der Waals surface area contributed by atoms with Gasteiger partial charge in [-0.2, -0.15) is 0 Å². The summed E-state index contributed by atoms with van der Waals surface area (Å²) in [6, 6.07) is 0. The molecular weight excluding hydrogens is 256 g/mol. The molecule has 1 fully saturated rings. The molecule has 1 atom stereocenters. The molecule has 1 aliphatic carbocycles. The predicted octanol–water partition coefficient (Wildman–Crippen LogP) is 1.68. The lowest BCUT2D eigenvalue weighted by atomic mass is 9.88. The standard InChI is InChI=1S/C12H22O5S/c1-9(2)12(6-4-5-7-12)17-11(13)10(3)8-18(14,15)16/h9-10H,4-8H2,1-3H3,(H,14,15,16)/p-1. The van der Waals surface area contributed by atoms with Crippen molar-refractivity contribution >= 4 is 16.1 Å². The van der Waals surface area contributed by atoms with Gasteiger partial charge in [0.05, 0.1) is 21.8 Å². The van der Waals surface area contributed by atoms with E-state index in [-0.39, 0.29) is 5.92 Å². The molecule has 0 amide bonds. The fourth-order valence-electron chi connectivity index (χ4n) is 2.45. The number of hydrogen-bond donors (Lipinski definition) is 0. The lowest BCUT2D eigenvalue weighted by Gasteiger charge is -2.34. The van der Waals surface area contributed by atoms with Crippen LogP contribution in [0.15, 0.2) is 0 Å². The van der Waals surface area contributed by atoms with Gasteiger partial charge < -0.3 is 9.29 Å². The first-order valence-electron chi connectivity index (χ1n) is 6.33. The Labute approximate surface area is 109 Å². The van der Waals surface area contributed by atoms with Gasteiger partial charge in [0.15, 0.2) is 0 Å². The summed E-state index contributed by atoms with van der Waals surface area (Å²) in [5.74, 6) is -1.98. The molecule has 0 aromatic rings. The van der Waals surface area contributed by atoms with Crippen molar-refractivity contribution in [2.75, 3.05) is 5.75 Å². The number of carbonyl (C=O) groups excluding carboxylic acids is 1. The fourth-order valence-corrected chi connectivity index (χ4v) is 3.19. The first-order valence-corrected chi connectivity index (χ1v) is 7.90. The zero-order chi connectivity index (χ0) is 14.0. The quantitative estimate of drug-likeness (QED) is 0.564. The maximum Gasteiger partial charge on any atom is 0.310 e. The summed E-state index contributed by atoms with van der Waals surface area (Å²) in [4.78, 5) is 11.9. The molecule has 0 saturated heterocycles. The van der Waals surface area contributed by atoms with Crippen LogP contribution in [-0.2, 0) is 19.6 Å². The molecule has 0 radical (unpaired) electrons. The van der Waals surface area contributed by atoms with Gasteiger partial charge in [-0.3, -0.25) is 4.79 Å². The molecule has 0 aromatic heterocycles. The normalized spacial score (nSPS) is 20.9. The molecule has 5 nitrogen and oxygen atoms in total. The monoisotopic (exact) mass is 277 g/mol. The number of rotatable bonds is 5. The van der Waals surface area contributed by atoms with Gasteiger partial charge in [0.2, 0.25) is 0 Å². The molecule has 6 heteroatoms. The van der Waals surface area contributed by atoms with E-state index < -0.39 is 33.4 Å². The third kappa shape index (κ3) is 3.95. The summed E-state index contributed by atoms with van der Waals surface area (Å²) in [5, 5.41) is 0. The molecule has 1 unspecified atom stereocenters. The Morgan fingerprint density at radius 1 is 1.28 bits per heavy atom. The van der Waals surface area contributed by atoms with Crippen molar-refractivity contribution in [2.24, 2.45) is 11.8 Å². The second kappa shape index (κ2) is 5.57. The van der Waals surface area contributed by atoms with E-state index in [4.69, 9.17) is 4.74 Å². The third-order valence-corrected chi connectivity index (χ3v) is 4.57. The average Bonchev–Trinajstić information content (AvgIpc) is 2.64. The van der Waals surface area contributed by atoms with Crippen LogP contribution in [0.4, 0.5) is 0 Å². The van der Waals surface area contributed by atoms with Crippen molar-refractivity contribution in [1.29, 1.82) is 0 Å².